The van der Waals surface area contributed by atoms with Crippen LogP contribution in [0.25, 0.3) is 0 Å². The minimum atomic E-state index is -0.322. The first-order valence-electron chi connectivity index (χ1n) is 6.79. The Morgan fingerprint density at radius 1 is 1.24 bits per heavy atom. The van der Waals surface area contributed by atoms with Crippen LogP contribution in [0.1, 0.15) is 17.3 Å². The van der Waals surface area contributed by atoms with Gasteiger partial charge in [-0.05, 0) is 41.1 Å². The molecule has 1 aromatic carbocycles. The number of hydrogen-bond acceptors (Lipinski definition) is 4. The molecule has 0 aromatic heterocycles. The molecule has 0 radical (unpaired) electrons. The minimum absolute atomic E-state index is 0.0716. The standard InChI is InChI=1S/C14H18BrN3O3/c1-2-21-14(20)18-7-5-17(6-8-18)13(19)10-3-4-11(15)12(16)9-10/h3-4,9H,2,5-8,16H2,1H3. The molecule has 1 aliphatic heterocycles. The molecule has 0 bridgehead atoms. The second kappa shape index (κ2) is 6.80. The van der Waals surface area contributed by atoms with Crippen molar-refractivity contribution in [3.8, 4) is 0 Å². The summed E-state index contributed by atoms with van der Waals surface area (Å²) >= 11 is 3.31. The third-order valence-corrected chi connectivity index (χ3v) is 4.06. The van der Waals surface area contributed by atoms with Gasteiger partial charge in [0.1, 0.15) is 0 Å². The molecule has 6 nitrogen and oxygen atoms in total. The van der Waals surface area contributed by atoms with Crippen LogP contribution in [-0.2, 0) is 4.74 Å². The molecule has 1 aliphatic rings. The number of amides is 2. The predicted octanol–water partition coefficient (Wildman–Crippen LogP) is 1.95. The summed E-state index contributed by atoms with van der Waals surface area (Å²) in [6.07, 6.45) is -0.322. The van der Waals surface area contributed by atoms with Crippen LogP contribution in [0.3, 0.4) is 0 Å². The second-order valence-electron chi connectivity index (χ2n) is 4.71. The number of rotatable bonds is 2. The molecule has 0 unspecified atom stereocenters. The van der Waals surface area contributed by atoms with E-state index in [4.69, 9.17) is 10.5 Å². The number of anilines is 1. The first kappa shape index (κ1) is 15.6. The maximum Gasteiger partial charge on any atom is 0.409 e. The number of ether oxygens (including phenoxy) is 1. The molecule has 2 rings (SSSR count). The molecular formula is C14H18BrN3O3. The van der Waals surface area contributed by atoms with Gasteiger partial charge in [-0.15, -0.1) is 0 Å². The molecule has 0 atom stereocenters. The normalized spacial score (nSPS) is 15.0. The lowest BCUT2D eigenvalue weighted by Gasteiger charge is -2.34. The third-order valence-electron chi connectivity index (χ3n) is 3.34. The summed E-state index contributed by atoms with van der Waals surface area (Å²) in [5.41, 5.74) is 6.89. The molecule has 0 aliphatic carbocycles. The van der Waals surface area contributed by atoms with Gasteiger partial charge in [0.05, 0.1) is 6.61 Å². The van der Waals surface area contributed by atoms with Gasteiger partial charge in [0, 0.05) is 41.9 Å². The van der Waals surface area contributed by atoms with E-state index < -0.39 is 0 Å². The van der Waals surface area contributed by atoms with Crippen LogP contribution < -0.4 is 5.73 Å². The van der Waals surface area contributed by atoms with E-state index in [1.807, 2.05) is 0 Å². The molecule has 1 fully saturated rings. The Bertz CT molecular complexity index is 542. The summed E-state index contributed by atoms with van der Waals surface area (Å²) in [4.78, 5) is 27.3. The van der Waals surface area contributed by atoms with Crippen molar-refractivity contribution in [2.45, 2.75) is 6.92 Å². The van der Waals surface area contributed by atoms with E-state index in [9.17, 15) is 9.59 Å². The minimum Gasteiger partial charge on any atom is -0.450 e. The van der Waals surface area contributed by atoms with Gasteiger partial charge in [0.2, 0.25) is 0 Å². The molecule has 114 valence electrons. The molecule has 0 saturated carbocycles. The van der Waals surface area contributed by atoms with Crippen molar-refractivity contribution in [1.82, 2.24) is 9.80 Å². The molecule has 2 amide bonds. The van der Waals surface area contributed by atoms with E-state index in [1.165, 1.54) is 0 Å². The summed E-state index contributed by atoms with van der Waals surface area (Å²) in [5.74, 6) is -0.0716. The number of nitrogen functional groups attached to an aromatic ring is 1. The second-order valence-corrected chi connectivity index (χ2v) is 5.57. The van der Waals surface area contributed by atoms with E-state index in [-0.39, 0.29) is 12.0 Å². The molecule has 0 spiro atoms. The molecule has 2 N–H and O–H groups in total. The average Bonchev–Trinajstić information content (AvgIpc) is 2.50. The number of nitrogens with zero attached hydrogens (tertiary/aromatic N) is 2. The number of benzene rings is 1. The van der Waals surface area contributed by atoms with Gasteiger partial charge in [0.15, 0.2) is 0 Å². The van der Waals surface area contributed by atoms with E-state index in [0.29, 0.717) is 44.0 Å². The zero-order valence-corrected chi connectivity index (χ0v) is 13.4. The third kappa shape index (κ3) is 3.66. The SMILES string of the molecule is CCOC(=O)N1CCN(C(=O)c2ccc(Br)c(N)c2)CC1. The van der Waals surface area contributed by atoms with E-state index in [1.54, 1.807) is 34.9 Å². The summed E-state index contributed by atoms with van der Waals surface area (Å²) < 4.78 is 5.72. The summed E-state index contributed by atoms with van der Waals surface area (Å²) in [7, 11) is 0. The zero-order valence-electron chi connectivity index (χ0n) is 11.8. The van der Waals surface area contributed by atoms with Gasteiger partial charge >= 0.3 is 6.09 Å². The fourth-order valence-corrected chi connectivity index (χ4v) is 2.41. The highest BCUT2D eigenvalue weighted by molar-refractivity contribution is 9.10. The van der Waals surface area contributed by atoms with Gasteiger partial charge in [-0.2, -0.15) is 0 Å². The highest BCUT2D eigenvalue weighted by atomic mass is 79.9. The first-order valence-corrected chi connectivity index (χ1v) is 7.58. The fourth-order valence-electron chi connectivity index (χ4n) is 2.17. The molecule has 1 heterocycles. The quantitative estimate of drug-likeness (QED) is 0.822. The highest BCUT2D eigenvalue weighted by Crippen LogP contribution is 2.21. The molecular weight excluding hydrogens is 338 g/mol. The number of carbonyl (C=O) groups is 2. The van der Waals surface area contributed by atoms with Crippen LogP contribution in [0.15, 0.2) is 22.7 Å². The van der Waals surface area contributed by atoms with Crippen LogP contribution in [0.2, 0.25) is 0 Å². The lowest BCUT2D eigenvalue weighted by atomic mass is 10.1. The van der Waals surface area contributed by atoms with Crippen LogP contribution in [0, 0.1) is 0 Å². The Labute approximate surface area is 132 Å². The Hall–Kier alpha value is -1.76. The molecule has 1 saturated heterocycles. The molecule has 1 aromatic rings. The highest BCUT2D eigenvalue weighted by Gasteiger charge is 2.25. The van der Waals surface area contributed by atoms with Crippen molar-refractivity contribution >= 4 is 33.6 Å². The lowest BCUT2D eigenvalue weighted by Crippen LogP contribution is -2.50. The smallest absolute Gasteiger partial charge is 0.409 e. The Kier molecular flexibility index (Phi) is 5.06. The van der Waals surface area contributed by atoms with Crippen LogP contribution in [0.4, 0.5) is 10.5 Å². The van der Waals surface area contributed by atoms with Crippen LogP contribution in [0.5, 0.6) is 0 Å². The van der Waals surface area contributed by atoms with Crippen molar-refractivity contribution in [3.63, 3.8) is 0 Å². The summed E-state index contributed by atoms with van der Waals surface area (Å²) in [5, 5.41) is 0. The van der Waals surface area contributed by atoms with Gasteiger partial charge in [-0.1, -0.05) is 0 Å². The number of nitrogens with two attached hydrogens (primary N) is 1. The van der Waals surface area contributed by atoms with Gasteiger partial charge in [0.25, 0.3) is 5.91 Å². The fraction of sp³-hybridized carbons (Fsp3) is 0.429. The largest absolute Gasteiger partial charge is 0.450 e. The van der Waals surface area contributed by atoms with E-state index in [2.05, 4.69) is 15.9 Å². The monoisotopic (exact) mass is 355 g/mol. The summed E-state index contributed by atoms with van der Waals surface area (Å²) in [6, 6.07) is 5.15. The summed E-state index contributed by atoms with van der Waals surface area (Å²) in [6.45, 7) is 4.08. The van der Waals surface area contributed by atoms with Crippen molar-refractivity contribution in [2.24, 2.45) is 0 Å². The van der Waals surface area contributed by atoms with Crippen LogP contribution >= 0.6 is 15.9 Å². The Morgan fingerprint density at radius 2 is 1.86 bits per heavy atom. The first-order chi connectivity index (χ1) is 10.0. The van der Waals surface area contributed by atoms with Crippen molar-refractivity contribution in [1.29, 1.82) is 0 Å². The topological polar surface area (TPSA) is 75.9 Å². The average molecular weight is 356 g/mol. The zero-order chi connectivity index (χ0) is 15.4. The number of carbonyl (C=O) groups excluding carboxylic acids is 2. The molecule has 7 heteroatoms. The van der Waals surface area contributed by atoms with Crippen molar-refractivity contribution < 1.29 is 14.3 Å². The van der Waals surface area contributed by atoms with Gasteiger partial charge in [-0.25, -0.2) is 4.79 Å². The number of piperazine rings is 1. The maximum absolute atomic E-state index is 12.4. The van der Waals surface area contributed by atoms with E-state index >= 15 is 0 Å². The van der Waals surface area contributed by atoms with Gasteiger partial charge < -0.3 is 20.3 Å². The Morgan fingerprint density at radius 3 is 2.43 bits per heavy atom. The lowest BCUT2D eigenvalue weighted by molar-refractivity contribution is 0.0570. The van der Waals surface area contributed by atoms with Crippen molar-refractivity contribution in [3.05, 3.63) is 28.2 Å². The van der Waals surface area contributed by atoms with Crippen LogP contribution in [-0.4, -0.2) is 54.6 Å². The number of halogens is 1. The maximum atomic E-state index is 12.4. The number of hydrogen-bond donors (Lipinski definition) is 1. The predicted molar refractivity (Wildman–Crippen MR) is 83.1 cm³/mol. The van der Waals surface area contributed by atoms with E-state index in [0.717, 1.165) is 4.47 Å². The van der Waals surface area contributed by atoms with Gasteiger partial charge in [-0.3, -0.25) is 4.79 Å². The Balaban J connectivity index is 1.97. The molecule has 21 heavy (non-hydrogen) atoms. The van der Waals surface area contributed by atoms with Crippen molar-refractivity contribution in [2.75, 3.05) is 38.5 Å².